The van der Waals surface area contributed by atoms with E-state index < -0.39 is 0 Å². The Labute approximate surface area is 191 Å². The second-order valence-electron chi connectivity index (χ2n) is 13.4. The lowest BCUT2D eigenvalue weighted by atomic mass is 9.45. The van der Waals surface area contributed by atoms with E-state index in [0.717, 1.165) is 36.0 Å². The molecule has 2 nitrogen and oxygen atoms in total. The molecule has 5 rings (SSSR count). The summed E-state index contributed by atoms with van der Waals surface area (Å²) in [5, 5.41) is 21.1. The first-order valence-electron chi connectivity index (χ1n) is 13.8. The molecule has 0 aromatic carbocycles. The minimum absolute atomic E-state index is 0.0794. The molecule has 2 heteroatoms. The Morgan fingerprint density at radius 1 is 0.968 bits per heavy atom. The second kappa shape index (κ2) is 7.86. The summed E-state index contributed by atoms with van der Waals surface area (Å²) < 4.78 is 0. The van der Waals surface area contributed by atoms with Crippen LogP contribution in [-0.4, -0.2) is 22.9 Å². The molecule has 2 N–H and O–H groups in total. The van der Waals surface area contributed by atoms with E-state index in [1.54, 1.807) is 5.57 Å². The molecule has 176 valence electrons. The first kappa shape index (κ1) is 22.5. The minimum Gasteiger partial charge on any atom is -0.396 e. The van der Waals surface area contributed by atoms with Crippen molar-refractivity contribution in [3.63, 3.8) is 0 Å². The highest BCUT2D eigenvalue weighted by atomic mass is 16.3. The van der Waals surface area contributed by atoms with Crippen molar-refractivity contribution in [1.82, 2.24) is 0 Å². The van der Waals surface area contributed by atoms with E-state index in [-0.39, 0.29) is 11.5 Å². The fourth-order valence-electron chi connectivity index (χ4n) is 9.84. The van der Waals surface area contributed by atoms with Crippen LogP contribution in [0.4, 0.5) is 0 Å². The van der Waals surface area contributed by atoms with Crippen LogP contribution in [0, 0.1) is 51.8 Å². The van der Waals surface area contributed by atoms with E-state index in [2.05, 4.69) is 33.8 Å². The highest BCUT2D eigenvalue weighted by molar-refractivity contribution is 5.36. The molecule has 0 heterocycles. The van der Waals surface area contributed by atoms with Crippen molar-refractivity contribution in [3.8, 4) is 0 Å². The summed E-state index contributed by atoms with van der Waals surface area (Å²) in [6.45, 7) is 10.2. The molecule has 0 unspecified atom stereocenters. The van der Waals surface area contributed by atoms with Crippen LogP contribution in [0.25, 0.3) is 0 Å². The van der Waals surface area contributed by atoms with Gasteiger partial charge >= 0.3 is 0 Å². The van der Waals surface area contributed by atoms with Crippen molar-refractivity contribution in [3.05, 3.63) is 11.6 Å². The van der Waals surface area contributed by atoms with Crippen molar-refractivity contribution < 1.29 is 10.2 Å². The summed E-state index contributed by atoms with van der Waals surface area (Å²) in [5.41, 5.74) is 2.63. The van der Waals surface area contributed by atoms with Gasteiger partial charge in [0.25, 0.3) is 0 Å². The lowest BCUT2D eigenvalue weighted by Gasteiger charge is -2.60. The van der Waals surface area contributed by atoms with Crippen molar-refractivity contribution in [1.29, 1.82) is 0 Å². The van der Waals surface area contributed by atoms with E-state index >= 15 is 0 Å². The topological polar surface area (TPSA) is 40.5 Å². The molecule has 8 atom stereocenters. The molecule has 0 saturated heterocycles. The fourth-order valence-corrected chi connectivity index (χ4v) is 9.84. The van der Waals surface area contributed by atoms with Gasteiger partial charge in [-0.1, -0.05) is 52.2 Å². The van der Waals surface area contributed by atoms with E-state index in [9.17, 15) is 10.2 Å². The first-order chi connectivity index (χ1) is 14.8. The van der Waals surface area contributed by atoms with Crippen molar-refractivity contribution >= 4 is 0 Å². The maximum atomic E-state index is 10.8. The molecule has 0 aromatic heterocycles. The van der Waals surface area contributed by atoms with E-state index in [4.69, 9.17) is 0 Å². The number of aliphatic hydroxyl groups excluding tert-OH is 2. The van der Waals surface area contributed by atoms with E-state index in [0.29, 0.717) is 23.4 Å². The van der Waals surface area contributed by atoms with Crippen LogP contribution >= 0.6 is 0 Å². The molecule has 31 heavy (non-hydrogen) atoms. The van der Waals surface area contributed by atoms with Crippen molar-refractivity contribution in [2.45, 2.75) is 111 Å². The summed E-state index contributed by atoms with van der Waals surface area (Å²) in [5.74, 6) is 4.50. The molecule has 0 aromatic rings. The van der Waals surface area contributed by atoms with Crippen LogP contribution in [0.2, 0.25) is 0 Å². The Kier molecular flexibility index (Phi) is 5.70. The molecule has 4 saturated carbocycles. The Balaban J connectivity index is 1.36. The van der Waals surface area contributed by atoms with Crippen LogP contribution in [0.15, 0.2) is 11.6 Å². The third-order valence-corrected chi connectivity index (χ3v) is 11.6. The number of allylic oxidation sites excluding steroid dienone is 1. The third-order valence-electron chi connectivity index (χ3n) is 11.6. The molecule has 1 spiro atoms. The van der Waals surface area contributed by atoms with Gasteiger partial charge in [-0.2, -0.15) is 0 Å². The van der Waals surface area contributed by atoms with Gasteiger partial charge in [-0.05, 0) is 111 Å². The maximum absolute atomic E-state index is 10.8. The van der Waals surface area contributed by atoms with Gasteiger partial charge < -0.3 is 10.2 Å². The summed E-state index contributed by atoms with van der Waals surface area (Å²) in [6, 6.07) is 0. The Bertz CT molecular complexity index is 706. The molecule has 0 bridgehead atoms. The summed E-state index contributed by atoms with van der Waals surface area (Å²) >= 11 is 0. The van der Waals surface area contributed by atoms with Crippen LogP contribution in [-0.2, 0) is 0 Å². The van der Waals surface area contributed by atoms with Crippen molar-refractivity contribution in [2.24, 2.45) is 51.8 Å². The minimum atomic E-state index is -0.0794. The SMILES string of the molecule is CC(C)CCC[C@@H](CO)[C@H]1CC[C@H]2[C@@H]3CC=C4C5(CC5)[C@@H](O)CC[C@]4(C)[C@H]3CC[C@]12C. The van der Waals surface area contributed by atoms with E-state index in [1.165, 1.54) is 70.6 Å². The summed E-state index contributed by atoms with van der Waals surface area (Å²) in [4.78, 5) is 0. The van der Waals surface area contributed by atoms with Crippen LogP contribution < -0.4 is 0 Å². The predicted molar refractivity (Wildman–Crippen MR) is 128 cm³/mol. The first-order valence-corrected chi connectivity index (χ1v) is 13.8. The molecule has 4 fully saturated rings. The van der Waals surface area contributed by atoms with Gasteiger partial charge in [0.05, 0.1) is 6.10 Å². The zero-order valence-corrected chi connectivity index (χ0v) is 20.7. The standard InChI is InChI=1S/C29H48O2/c1-19(2)6-5-7-20(18-30)22-9-10-23-21-8-11-25-28(4,24(21)12-14-27(22,23)3)15-13-26(31)29(25)16-17-29/h11,19-24,26,30-31H,5-10,12-18H2,1-4H3/t20-,21-,22+,23-,24-,26-,27+,28+/m0/s1. The largest absolute Gasteiger partial charge is 0.396 e. The van der Waals surface area contributed by atoms with Gasteiger partial charge in [0.1, 0.15) is 0 Å². The Hall–Kier alpha value is -0.340. The summed E-state index contributed by atoms with van der Waals surface area (Å²) in [6.07, 6.45) is 17.8. The zero-order chi connectivity index (χ0) is 22.0. The lowest BCUT2D eigenvalue weighted by Crippen LogP contribution is -2.53. The quantitative estimate of drug-likeness (QED) is 0.459. The van der Waals surface area contributed by atoms with Gasteiger partial charge in [-0.25, -0.2) is 0 Å². The molecular formula is C29H48O2. The molecule has 0 amide bonds. The van der Waals surface area contributed by atoms with Gasteiger partial charge in [0.15, 0.2) is 0 Å². The smallest absolute Gasteiger partial charge is 0.0634 e. The molecule has 0 aliphatic heterocycles. The molecule has 0 radical (unpaired) electrons. The number of hydrogen-bond acceptors (Lipinski definition) is 2. The van der Waals surface area contributed by atoms with Crippen LogP contribution in [0.1, 0.15) is 105 Å². The molecule has 5 aliphatic rings. The zero-order valence-electron chi connectivity index (χ0n) is 20.7. The Morgan fingerprint density at radius 2 is 1.74 bits per heavy atom. The van der Waals surface area contributed by atoms with Crippen molar-refractivity contribution in [2.75, 3.05) is 6.61 Å². The number of aliphatic hydroxyl groups is 2. The predicted octanol–water partition coefficient (Wildman–Crippen LogP) is 6.75. The van der Waals surface area contributed by atoms with Gasteiger partial charge in [0.2, 0.25) is 0 Å². The lowest BCUT2D eigenvalue weighted by molar-refractivity contribution is -0.0729. The number of rotatable bonds is 6. The van der Waals surface area contributed by atoms with Gasteiger partial charge in [-0.3, -0.25) is 0 Å². The number of hydrogen-bond donors (Lipinski definition) is 2. The third kappa shape index (κ3) is 3.32. The monoisotopic (exact) mass is 428 g/mol. The van der Waals surface area contributed by atoms with Gasteiger partial charge in [-0.15, -0.1) is 0 Å². The van der Waals surface area contributed by atoms with Gasteiger partial charge in [0, 0.05) is 12.0 Å². The molecular weight excluding hydrogens is 380 g/mol. The van der Waals surface area contributed by atoms with Crippen LogP contribution in [0.3, 0.4) is 0 Å². The normalized spacial score (nSPS) is 46.3. The van der Waals surface area contributed by atoms with Crippen LogP contribution in [0.5, 0.6) is 0 Å². The molecule has 5 aliphatic carbocycles. The fraction of sp³-hybridized carbons (Fsp3) is 0.931. The summed E-state index contributed by atoms with van der Waals surface area (Å²) in [7, 11) is 0. The average Bonchev–Trinajstić information content (AvgIpc) is 3.44. The highest BCUT2D eigenvalue weighted by Crippen LogP contribution is 2.72. The Morgan fingerprint density at radius 3 is 2.42 bits per heavy atom. The number of fused-ring (bicyclic) bond motifs is 6. The highest BCUT2D eigenvalue weighted by Gasteiger charge is 2.65. The maximum Gasteiger partial charge on any atom is 0.0634 e. The average molecular weight is 429 g/mol. The second-order valence-corrected chi connectivity index (χ2v) is 13.4. The van der Waals surface area contributed by atoms with E-state index in [1.807, 2.05) is 0 Å².